The number of hydroxylamine groups is 2. The number of aromatic nitrogens is 1. The molecule has 0 bridgehead atoms. The fourth-order valence-electron chi connectivity index (χ4n) is 2.05. The molecule has 0 aliphatic rings. The third-order valence-corrected chi connectivity index (χ3v) is 3.84. The second kappa shape index (κ2) is 9.87. The Labute approximate surface area is 165 Å². The molecule has 1 aromatic heterocycles. The van der Waals surface area contributed by atoms with Crippen LogP contribution in [0.1, 0.15) is 23.6 Å². The predicted octanol–water partition coefficient (Wildman–Crippen LogP) is 3.44. The van der Waals surface area contributed by atoms with Crippen molar-refractivity contribution in [1.82, 2.24) is 10.0 Å². The van der Waals surface area contributed by atoms with Crippen LogP contribution in [0.4, 0.5) is 13.2 Å². The number of hydrogen-bond acceptors (Lipinski definition) is 6. The molecule has 0 aliphatic carbocycles. The quantitative estimate of drug-likeness (QED) is 0.492. The van der Waals surface area contributed by atoms with E-state index in [-0.39, 0.29) is 25.0 Å². The Morgan fingerprint density at radius 3 is 2.41 bits per heavy atom. The van der Waals surface area contributed by atoms with Gasteiger partial charge in [-0.25, -0.2) is 10.0 Å². The van der Waals surface area contributed by atoms with Gasteiger partial charge in [0.1, 0.15) is 6.61 Å². The molecule has 1 heterocycles. The summed E-state index contributed by atoms with van der Waals surface area (Å²) in [4.78, 5) is 25.6. The Morgan fingerprint density at radius 1 is 1.17 bits per heavy atom. The van der Waals surface area contributed by atoms with Crippen LogP contribution in [0, 0.1) is 0 Å². The zero-order valence-electron chi connectivity index (χ0n) is 16.1. The van der Waals surface area contributed by atoms with Gasteiger partial charge in [0.2, 0.25) is 5.88 Å². The third kappa shape index (κ3) is 6.75. The summed E-state index contributed by atoms with van der Waals surface area (Å²) in [5, 5.41) is 4.98. The van der Waals surface area contributed by atoms with Gasteiger partial charge in [-0.15, -0.1) is 0 Å². The first-order valence-corrected chi connectivity index (χ1v) is 8.43. The number of alkyl halides is 3. The van der Waals surface area contributed by atoms with Crippen LogP contribution in [0.25, 0.3) is 0 Å². The molecule has 0 unspecified atom stereocenters. The van der Waals surface area contributed by atoms with E-state index < -0.39 is 11.7 Å². The van der Waals surface area contributed by atoms with Gasteiger partial charge in [0.05, 0.1) is 18.4 Å². The summed E-state index contributed by atoms with van der Waals surface area (Å²) in [6, 6.07) is 7.92. The average Bonchev–Trinajstić information content (AvgIpc) is 2.71. The molecule has 0 spiro atoms. The van der Waals surface area contributed by atoms with Crippen LogP contribution in [0.15, 0.2) is 47.8 Å². The van der Waals surface area contributed by atoms with Crippen LogP contribution < -0.4 is 4.74 Å². The number of hydrogen-bond donors (Lipinski definition) is 0. The number of amides is 1. The molecule has 0 saturated carbocycles. The summed E-state index contributed by atoms with van der Waals surface area (Å²) in [5.41, 5.74) is 1.02. The number of halogens is 3. The lowest BCUT2D eigenvalue weighted by molar-refractivity contribution is -0.170. The molecule has 0 fully saturated rings. The van der Waals surface area contributed by atoms with Crippen molar-refractivity contribution in [3.8, 4) is 5.88 Å². The first kappa shape index (κ1) is 22.2. The number of nitrogens with zero attached hydrogens (tertiary/aromatic N) is 3. The van der Waals surface area contributed by atoms with Gasteiger partial charge in [-0.2, -0.15) is 13.2 Å². The molecule has 10 heteroatoms. The van der Waals surface area contributed by atoms with Gasteiger partial charge in [-0.3, -0.25) is 9.63 Å². The molecule has 0 atom stereocenters. The molecule has 0 saturated heterocycles. The average molecular weight is 411 g/mol. The van der Waals surface area contributed by atoms with E-state index in [1.807, 2.05) is 0 Å². The first-order chi connectivity index (χ1) is 13.7. The van der Waals surface area contributed by atoms with E-state index in [4.69, 9.17) is 14.4 Å². The van der Waals surface area contributed by atoms with Crippen molar-refractivity contribution in [2.75, 3.05) is 20.8 Å². The molecule has 1 amide bonds. The maximum absolute atomic E-state index is 12.5. The van der Waals surface area contributed by atoms with E-state index in [0.717, 1.165) is 17.2 Å². The van der Waals surface area contributed by atoms with E-state index in [1.165, 1.54) is 32.5 Å². The molecular weight excluding hydrogens is 391 g/mol. The molecular formula is C19H20F3N3O4. The van der Waals surface area contributed by atoms with Crippen molar-refractivity contribution in [2.45, 2.75) is 19.7 Å². The second-order valence-electron chi connectivity index (χ2n) is 5.89. The van der Waals surface area contributed by atoms with Crippen molar-refractivity contribution in [2.24, 2.45) is 5.16 Å². The van der Waals surface area contributed by atoms with Gasteiger partial charge < -0.3 is 9.57 Å². The number of rotatable bonds is 8. The molecule has 1 aromatic carbocycles. The van der Waals surface area contributed by atoms with E-state index in [2.05, 4.69) is 10.1 Å². The van der Waals surface area contributed by atoms with Gasteiger partial charge in [0, 0.05) is 24.9 Å². The number of ether oxygens (including phenoxy) is 1. The Morgan fingerprint density at radius 2 is 1.86 bits per heavy atom. The maximum atomic E-state index is 12.5. The fraction of sp³-hybridized carbons (Fsp3) is 0.316. The van der Waals surface area contributed by atoms with Crippen molar-refractivity contribution >= 4 is 11.6 Å². The SMILES string of the molecule is CON(C)C(=O)COc1ccc(C(C)=NOCc2ccc(C(F)(F)F)cc2)cn1. The van der Waals surface area contributed by atoms with Crippen molar-refractivity contribution in [1.29, 1.82) is 0 Å². The largest absolute Gasteiger partial charge is 0.467 e. The summed E-state index contributed by atoms with van der Waals surface area (Å²) < 4.78 is 42.9. The second-order valence-corrected chi connectivity index (χ2v) is 5.89. The standard InChI is InChI=1S/C19H20F3N3O4/c1-13(24-29-11-14-4-7-16(8-5-14)19(20,21)22)15-6-9-17(23-10-15)28-12-18(26)25(2)27-3/h4-10H,11-12H2,1-3H3. The van der Waals surface area contributed by atoms with Crippen molar-refractivity contribution < 1.29 is 32.4 Å². The lowest BCUT2D eigenvalue weighted by Crippen LogP contribution is -2.30. The van der Waals surface area contributed by atoms with E-state index in [1.54, 1.807) is 19.1 Å². The molecule has 156 valence electrons. The summed E-state index contributed by atoms with van der Waals surface area (Å²) in [6.45, 7) is 1.50. The Balaban J connectivity index is 1.87. The van der Waals surface area contributed by atoms with Crippen LogP contribution >= 0.6 is 0 Å². The predicted molar refractivity (Wildman–Crippen MR) is 98.0 cm³/mol. The fourth-order valence-corrected chi connectivity index (χ4v) is 2.05. The molecule has 0 aliphatic heterocycles. The van der Waals surface area contributed by atoms with Crippen molar-refractivity contribution in [3.05, 3.63) is 59.3 Å². The minimum atomic E-state index is -4.37. The Hall–Kier alpha value is -3.14. The smallest absolute Gasteiger partial charge is 0.416 e. The summed E-state index contributed by atoms with van der Waals surface area (Å²) in [5.74, 6) is -0.113. The van der Waals surface area contributed by atoms with Gasteiger partial charge in [0.15, 0.2) is 6.61 Å². The van der Waals surface area contributed by atoms with E-state index >= 15 is 0 Å². The number of carbonyl (C=O) groups is 1. The van der Waals surface area contributed by atoms with E-state index in [0.29, 0.717) is 16.8 Å². The lowest BCUT2D eigenvalue weighted by atomic mass is 10.1. The number of likely N-dealkylation sites (N-methyl/N-ethyl adjacent to an activating group) is 1. The molecule has 2 rings (SSSR count). The number of oxime groups is 1. The minimum Gasteiger partial charge on any atom is -0.467 e. The lowest BCUT2D eigenvalue weighted by Gasteiger charge is -2.13. The van der Waals surface area contributed by atoms with Crippen LogP contribution in [-0.2, 0) is 27.3 Å². The first-order valence-electron chi connectivity index (χ1n) is 8.43. The maximum Gasteiger partial charge on any atom is 0.416 e. The highest BCUT2D eigenvalue weighted by Crippen LogP contribution is 2.29. The van der Waals surface area contributed by atoms with Crippen LogP contribution in [0.3, 0.4) is 0 Å². The van der Waals surface area contributed by atoms with Crippen molar-refractivity contribution in [3.63, 3.8) is 0 Å². The summed E-state index contributed by atoms with van der Waals surface area (Å²) in [7, 11) is 2.83. The van der Waals surface area contributed by atoms with Crippen LogP contribution in [0.2, 0.25) is 0 Å². The van der Waals surface area contributed by atoms with Gasteiger partial charge >= 0.3 is 6.18 Å². The Kier molecular flexibility index (Phi) is 7.54. The molecule has 0 radical (unpaired) electrons. The number of benzene rings is 1. The van der Waals surface area contributed by atoms with Crippen LogP contribution in [0.5, 0.6) is 5.88 Å². The monoisotopic (exact) mass is 411 g/mol. The highest BCUT2D eigenvalue weighted by molar-refractivity contribution is 5.98. The molecule has 0 N–H and O–H groups in total. The number of pyridine rings is 1. The van der Waals surface area contributed by atoms with E-state index in [9.17, 15) is 18.0 Å². The molecule has 2 aromatic rings. The van der Waals surface area contributed by atoms with Gasteiger partial charge in [-0.1, -0.05) is 17.3 Å². The van der Waals surface area contributed by atoms with Gasteiger partial charge in [0.25, 0.3) is 5.91 Å². The summed E-state index contributed by atoms with van der Waals surface area (Å²) in [6.07, 6.45) is -2.87. The normalized spacial score (nSPS) is 11.9. The minimum absolute atomic E-state index is 0.0270. The number of carbonyl (C=O) groups excluding carboxylic acids is 1. The van der Waals surface area contributed by atoms with Crippen LogP contribution in [-0.4, -0.2) is 42.4 Å². The third-order valence-electron chi connectivity index (χ3n) is 3.84. The topological polar surface area (TPSA) is 73.2 Å². The Bertz CT molecular complexity index is 837. The summed E-state index contributed by atoms with van der Waals surface area (Å²) >= 11 is 0. The zero-order chi connectivity index (χ0) is 21.4. The molecule has 7 nitrogen and oxygen atoms in total. The highest BCUT2D eigenvalue weighted by Gasteiger charge is 2.29. The highest BCUT2D eigenvalue weighted by atomic mass is 19.4. The van der Waals surface area contributed by atoms with Gasteiger partial charge in [-0.05, 0) is 30.7 Å². The zero-order valence-corrected chi connectivity index (χ0v) is 16.1. The molecule has 29 heavy (non-hydrogen) atoms.